The molecule has 182 valence electrons. The fourth-order valence-corrected chi connectivity index (χ4v) is 5.17. The monoisotopic (exact) mass is 443 g/mol. The zero-order valence-corrected chi connectivity index (χ0v) is 20.8. The Bertz CT molecular complexity index is 588. The number of carbonyl (C=O) groups is 1. The molecule has 3 heteroatoms. The first-order valence-electron chi connectivity index (χ1n) is 13.8. The molecule has 1 aliphatic rings. The predicted molar refractivity (Wildman–Crippen MR) is 135 cm³/mol. The molecule has 0 bridgehead atoms. The molecule has 1 aliphatic heterocycles. The number of amides is 1. The minimum absolute atomic E-state index is 0.0203. The quantitative estimate of drug-likeness (QED) is 0.182. The Morgan fingerprint density at radius 1 is 0.750 bits per heavy atom. The Morgan fingerprint density at radius 2 is 1.22 bits per heavy atom. The molecule has 1 aromatic rings. The molecular weight excluding hydrogens is 394 g/mol. The molecule has 2 unspecified atom stereocenters. The van der Waals surface area contributed by atoms with E-state index >= 15 is 0 Å². The summed E-state index contributed by atoms with van der Waals surface area (Å²) in [6, 6.07) is 10.3. The Kier molecular flexibility index (Phi) is 14.4. The number of piperidine rings is 1. The summed E-state index contributed by atoms with van der Waals surface area (Å²) in [5, 5.41) is 11.2. The summed E-state index contributed by atoms with van der Waals surface area (Å²) in [6.07, 6.45) is 24.1. The van der Waals surface area contributed by atoms with Crippen molar-refractivity contribution in [3.05, 3.63) is 35.9 Å². The van der Waals surface area contributed by atoms with Crippen molar-refractivity contribution in [2.75, 3.05) is 0 Å². The third-order valence-electron chi connectivity index (χ3n) is 7.24. The van der Waals surface area contributed by atoms with Gasteiger partial charge in [0.2, 0.25) is 5.91 Å². The van der Waals surface area contributed by atoms with Crippen LogP contribution in [0.15, 0.2) is 30.3 Å². The van der Waals surface area contributed by atoms with Gasteiger partial charge >= 0.3 is 0 Å². The summed E-state index contributed by atoms with van der Waals surface area (Å²) in [5.74, 6) is 0.129. The first-order valence-corrected chi connectivity index (χ1v) is 13.8. The first kappa shape index (κ1) is 26.9. The summed E-state index contributed by atoms with van der Waals surface area (Å²) in [7, 11) is 0. The molecule has 1 amide bonds. The van der Waals surface area contributed by atoms with Crippen molar-refractivity contribution in [2.24, 2.45) is 0 Å². The van der Waals surface area contributed by atoms with Crippen molar-refractivity contribution in [3.8, 4) is 0 Å². The lowest BCUT2D eigenvalue weighted by atomic mass is 9.84. The van der Waals surface area contributed by atoms with Crippen molar-refractivity contribution in [3.63, 3.8) is 0 Å². The second-order valence-electron chi connectivity index (χ2n) is 10.0. The summed E-state index contributed by atoms with van der Waals surface area (Å²) >= 11 is 0. The van der Waals surface area contributed by atoms with Crippen LogP contribution in [0.5, 0.6) is 0 Å². The number of hydrogen-bond acceptors (Lipinski definition) is 2. The van der Waals surface area contributed by atoms with E-state index in [0.717, 1.165) is 24.3 Å². The van der Waals surface area contributed by atoms with E-state index in [2.05, 4.69) is 19.1 Å². The average Bonchev–Trinajstić information content (AvgIpc) is 2.81. The van der Waals surface area contributed by atoms with Crippen molar-refractivity contribution in [2.45, 2.75) is 141 Å². The van der Waals surface area contributed by atoms with Crippen LogP contribution in [0.3, 0.4) is 0 Å². The standard InChI is InChI=1S/C29H49NO2/c1-2-3-4-5-6-7-8-9-10-11-12-13-14-15-16-20-23-28-24-27(25-29(31)30(28)32)26-21-18-17-19-22-26/h17-19,21-22,27-28,32H,2-16,20,23-25H2,1H3. The Morgan fingerprint density at radius 3 is 1.72 bits per heavy atom. The molecule has 3 nitrogen and oxygen atoms in total. The minimum Gasteiger partial charge on any atom is -0.286 e. The van der Waals surface area contributed by atoms with E-state index in [0.29, 0.717) is 6.42 Å². The van der Waals surface area contributed by atoms with E-state index in [-0.39, 0.29) is 17.9 Å². The van der Waals surface area contributed by atoms with E-state index < -0.39 is 0 Å². The van der Waals surface area contributed by atoms with Gasteiger partial charge < -0.3 is 0 Å². The fourth-order valence-electron chi connectivity index (χ4n) is 5.17. The van der Waals surface area contributed by atoms with Gasteiger partial charge in [0.05, 0.1) is 6.04 Å². The van der Waals surface area contributed by atoms with Gasteiger partial charge in [0, 0.05) is 6.42 Å². The largest absolute Gasteiger partial charge is 0.286 e. The summed E-state index contributed by atoms with van der Waals surface area (Å²) in [6.45, 7) is 2.28. The van der Waals surface area contributed by atoms with E-state index in [1.54, 1.807) is 0 Å². The number of carbonyl (C=O) groups excluding carboxylic acids is 1. The third-order valence-corrected chi connectivity index (χ3v) is 7.24. The van der Waals surface area contributed by atoms with E-state index in [9.17, 15) is 10.0 Å². The van der Waals surface area contributed by atoms with Gasteiger partial charge in [0.15, 0.2) is 0 Å². The molecule has 0 spiro atoms. The van der Waals surface area contributed by atoms with Crippen molar-refractivity contribution in [1.82, 2.24) is 5.06 Å². The van der Waals surface area contributed by atoms with Gasteiger partial charge in [-0.05, 0) is 24.3 Å². The molecule has 0 aromatic heterocycles. The summed E-state index contributed by atoms with van der Waals surface area (Å²) < 4.78 is 0. The molecule has 0 aliphatic carbocycles. The number of benzene rings is 1. The van der Waals surface area contributed by atoms with Crippen LogP contribution in [-0.2, 0) is 4.79 Å². The average molecular weight is 444 g/mol. The van der Waals surface area contributed by atoms with Gasteiger partial charge in [0.1, 0.15) is 0 Å². The van der Waals surface area contributed by atoms with Crippen molar-refractivity contribution in [1.29, 1.82) is 0 Å². The molecule has 0 saturated carbocycles. The third kappa shape index (κ3) is 11.0. The van der Waals surface area contributed by atoms with E-state index in [1.165, 1.54) is 102 Å². The van der Waals surface area contributed by atoms with Crippen LogP contribution in [0.1, 0.15) is 140 Å². The lowest BCUT2D eigenvalue weighted by Gasteiger charge is -2.35. The molecule has 1 N–H and O–H groups in total. The van der Waals surface area contributed by atoms with Crippen LogP contribution in [-0.4, -0.2) is 22.2 Å². The van der Waals surface area contributed by atoms with E-state index in [1.807, 2.05) is 18.2 Å². The van der Waals surface area contributed by atoms with Crippen LogP contribution in [0.2, 0.25) is 0 Å². The minimum atomic E-state index is -0.119. The SMILES string of the molecule is CCCCCCCCCCCCCCCCCCC1CC(c2ccccc2)CC(=O)N1O. The zero-order valence-electron chi connectivity index (χ0n) is 20.8. The molecule has 0 radical (unpaired) electrons. The molecular formula is C29H49NO2. The highest BCUT2D eigenvalue weighted by molar-refractivity contribution is 5.77. The number of hydrogen-bond donors (Lipinski definition) is 1. The second kappa shape index (κ2) is 17.2. The Hall–Kier alpha value is -1.35. The topological polar surface area (TPSA) is 40.5 Å². The highest BCUT2D eigenvalue weighted by Crippen LogP contribution is 2.33. The summed E-state index contributed by atoms with van der Waals surface area (Å²) in [4.78, 5) is 12.2. The first-order chi connectivity index (χ1) is 15.7. The smallest absolute Gasteiger partial charge is 0.246 e. The van der Waals surface area contributed by atoms with Crippen molar-refractivity contribution >= 4 is 5.91 Å². The zero-order chi connectivity index (χ0) is 22.9. The molecule has 2 atom stereocenters. The molecule has 1 fully saturated rings. The predicted octanol–water partition coefficient (Wildman–Crippen LogP) is 8.80. The van der Waals surface area contributed by atoms with Gasteiger partial charge in [0.25, 0.3) is 0 Å². The van der Waals surface area contributed by atoms with Gasteiger partial charge in [-0.1, -0.05) is 140 Å². The van der Waals surface area contributed by atoms with Crippen LogP contribution in [0, 0.1) is 0 Å². The molecule has 1 aromatic carbocycles. The molecule has 32 heavy (non-hydrogen) atoms. The number of hydroxylamine groups is 2. The van der Waals surface area contributed by atoms with Crippen LogP contribution in [0.25, 0.3) is 0 Å². The molecule has 1 saturated heterocycles. The van der Waals surface area contributed by atoms with Gasteiger partial charge in [-0.25, -0.2) is 5.06 Å². The highest BCUT2D eigenvalue weighted by Gasteiger charge is 2.33. The Labute approximate surface area is 197 Å². The molecule has 2 rings (SSSR count). The summed E-state index contributed by atoms with van der Waals surface area (Å²) in [5.41, 5.74) is 1.23. The fraction of sp³-hybridized carbons (Fsp3) is 0.759. The second-order valence-corrected chi connectivity index (χ2v) is 10.0. The maximum atomic E-state index is 12.2. The normalized spacial score (nSPS) is 18.9. The van der Waals surface area contributed by atoms with Gasteiger partial charge in [-0.15, -0.1) is 0 Å². The number of unbranched alkanes of at least 4 members (excludes halogenated alkanes) is 15. The highest BCUT2D eigenvalue weighted by atomic mass is 16.5. The van der Waals surface area contributed by atoms with Gasteiger partial charge in [-0.2, -0.15) is 0 Å². The van der Waals surface area contributed by atoms with Crippen LogP contribution < -0.4 is 0 Å². The lowest BCUT2D eigenvalue weighted by molar-refractivity contribution is -0.184. The lowest BCUT2D eigenvalue weighted by Crippen LogP contribution is -2.43. The van der Waals surface area contributed by atoms with Gasteiger partial charge in [-0.3, -0.25) is 10.0 Å². The van der Waals surface area contributed by atoms with Crippen LogP contribution in [0.4, 0.5) is 0 Å². The Balaban J connectivity index is 1.43. The molecule has 1 heterocycles. The maximum Gasteiger partial charge on any atom is 0.246 e. The van der Waals surface area contributed by atoms with Crippen molar-refractivity contribution < 1.29 is 10.0 Å². The van der Waals surface area contributed by atoms with Crippen LogP contribution >= 0.6 is 0 Å². The van der Waals surface area contributed by atoms with E-state index in [4.69, 9.17) is 0 Å². The number of rotatable bonds is 18. The number of nitrogens with zero attached hydrogens (tertiary/aromatic N) is 1. The maximum absolute atomic E-state index is 12.2.